The van der Waals surface area contributed by atoms with Gasteiger partial charge in [-0.1, -0.05) is 13.3 Å². The topological polar surface area (TPSA) is 35.2 Å². The fourth-order valence-electron chi connectivity index (χ4n) is 1.13. The Morgan fingerprint density at radius 3 is 2.86 bits per heavy atom. The normalized spacial score (nSPS) is 10.1. The molecule has 2 N–H and O–H groups in total. The van der Waals surface area contributed by atoms with Gasteiger partial charge in [0, 0.05) is 16.6 Å². The van der Waals surface area contributed by atoms with Crippen molar-refractivity contribution in [3.8, 4) is 5.75 Å². The van der Waals surface area contributed by atoms with Gasteiger partial charge < -0.3 is 10.5 Å². The molecule has 0 fully saturated rings. The molecule has 0 unspecified atom stereocenters. The van der Waals surface area contributed by atoms with Crippen molar-refractivity contribution >= 4 is 17.4 Å². The van der Waals surface area contributed by atoms with E-state index in [0.717, 1.165) is 17.2 Å². The molecule has 0 aliphatic carbocycles. The zero-order valence-corrected chi connectivity index (χ0v) is 9.56. The molecule has 2 nitrogen and oxygen atoms in total. The number of methoxy groups -OCH3 is 1. The summed E-state index contributed by atoms with van der Waals surface area (Å²) >= 11 is 1.82. The first-order valence-electron chi connectivity index (χ1n) is 4.84. The second-order valence-corrected chi connectivity index (χ2v) is 4.25. The highest BCUT2D eigenvalue weighted by Crippen LogP contribution is 2.31. The van der Waals surface area contributed by atoms with Gasteiger partial charge in [-0.05, 0) is 24.3 Å². The lowest BCUT2D eigenvalue weighted by atomic mass is 10.3. The van der Waals surface area contributed by atoms with Crippen LogP contribution in [0.4, 0.5) is 5.69 Å². The Balaban J connectivity index is 2.65. The van der Waals surface area contributed by atoms with Crippen LogP contribution >= 0.6 is 11.8 Å². The van der Waals surface area contributed by atoms with Gasteiger partial charge in [-0.2, -0.15) is 0 Å². The van der Waals surface area contributed by atoms with E-state index in [2.05, 4.69) is 6.92 Å². The number of nitrogen functional groups attached to an aromatic ring is 1. The minimum Gasteiger partial charge on any atom is -0.496 e. The van der Waals surface area contributed by atoms with E-state index in [1.807, 2.05) is 30.0 Å². The Morgan fingerprint density at radius 1 is 1.43 bits per heavy atom. The Labute approximate surface area is 89.8 Å². The van der Waals surface area contributed by atoms with Gasteiger partial charge in [0.25, 0.3) is 0 Å². The van der Waals surface area contributed by atoms with Crippen LogP contribution in [0, 0.1) is 0 Å². The number of rotatable bonds is 5. The van der Waals surface area contributed by atoms with Gasteiger partial charge in [-0.3, -0.25) is 0 Å². The highest BCUT2D eigenvalue weighted by Gasteiger charge is 2.02. The van der Waals surface area contributed by atoms with E-state index in [9.17, 15) is 0 Å². The number of benzene rings is 1. The summed E-state index contributed by atoms with van der Waals surface area (Å²) in [6.07, 6.45) is 2.46. The smallest absolute Gasteiger partial charge is 0.134 e. The SMILES string of the molecule is CCCCSc1ccc(N)cc1OC. The van der Waals surface area contributed by atoms with E-state index in [1.165, 1.54) is 17.7 Å². The Kier molecular flexibility index (Phi) is 4.66. The van der Waals surface area contributed by atoms with Crippen molar-refractivity contribution in [2.24, 2.45) is 0 Å². The number of anilines is 1. The molecule has 3 heteroatoms. The Hall–Kier alpha value is -0.830. The van der Waals surface area contributed by atoms with Crippen LogP contribution in [-0.2, 0) is 0 Å². The summed E-state index contributed by atoms with van der Waals surface area (Å²) in [6, 6.07) is 5.81. The van der Waals surface area contributed by atoms with E-state index in [4.69, 9.17) is 10.5 Å². The van der Waals surface area contributed by atoms with Crippen molar-refractivity contribution in [1.82, 2.24) is 0 Å². The third kappa shape index (κ3) is 3.14. The van der Waals surface area contributed by atoms with Crippen molar-refractivity contribution in [3.63, 3.8) is 0 Å². The third-order valence-electron chi connectivity index (χ3n) is 1.94. The molecule has 0 aromatic heterocycles. The zero-order chi connectivity index (χ0) is 10.4. The summed E-state index contributed by atoms with van der Waals surface area (Å²) < 4.78 is 5.26. The average Bonchev–Trinajstić information content (AvgIpc) is 2.20. The van der Waals surface area contributed by atoms with Crippen LogP contribution < -0.4 is 10.5 Å². The predicted molar refractivity (Wildman–Crippen MR) is 63.0 cm³/mol. The molecule has 0 spiro atoms. The molecule has 1 aromatic carbocycles. The van der Waals surface area contributed by atoms with Crippen molar-refractivity contribution in [3.05, 3.63) is 18.2 Å². The minimum atomic E-state index is 0.752. The van der Waals surface area contributed by atoms with Crippen molar-refractivity contribution in [2.75, 3.05) is 18.6 Å². The van der Waals surface area contributed by atoms with Crippen LogP contribution in [-0.4, -0.2) is 12.9 Å². The molecule has 0 aliphatic heterocycles. The molecule has 78 valence electrons. The number of hydrogen-bond donors (Lipinski definition) is 1. The predicted octanol–water partition coefficient (Wildman–Crippen LogP) is 3.17. The molecule has 0 atom stereocenters. The summed E-state index contributed by atoms with van der Waals surface area (Å²) in [5.74, 6) is 2.02. The van der Waals surface area contributed by atoms with E-state index in [-0.39, 0.29) is 0 Å². The maximum absolute atomic E-state index is 5.67. The molecule has 1 rings (SSSR count). The molecule has 14 heavy (non-hydrogen) atoms. The maximum Gasteiger partial charge on any atom is 0.134 e. The van der Waals surface area contributed by atoms with Crippen LogP contribution in [0.3, 0.4) is 0 Å². The first-order chi connectivity index (χ1) is 6.77. The van der Waals surface area contributed by atoms with Gasteiger partial charge in [0.2, 0.25) is 0 Å². The second kappa shape index (κ2) is 5.81. The van der Waals surface area contributed by atoms with Crippen LogP contribution in [0.25, 0.3) is 0 Å². The van der Waals surface area contributed by atoms with Crippen LogP contribution in [0.1, 0.15) is 19.8 Å². The highest BCUT2D eigenvalue weighted by atomic mass is 32.2. The maximum atomic E-state index is 5.67. The number of hydrogen-bond acceptors (Lipinski definition) is 3. The summed E-state index contributed by atoms with van der Waals surface area (Å²) in [7, 11) is 1.68. The van der Waals surface area contributed by atoms with Gasteiger partial charge in [0.15, 0.2) is 0 Å². The van der Waals surface area contributed by atoms with Gasteiger partial charge in [0.05, 0.1) is 7.11 Å². The summed E-state index contributed by atoms with van der Waals surface area (Å²) in [5, 5.41) is 0. The van der Waals surface area contributed by atoms with Crippen LogP contribution in [0.15, 0.2) is 23.1 Å². The van der Waals surface area contributed by atoms with Crippen molar-refractivity contribution in [1.29, 1.82) is 0 Å². The molecule has 0 radical (unpaired) electrons. The van der Waals surface area contributed by atoms with Gasteiger partial charge in [-0.15, -0.1) is 11.8 Å². The van der Waals surface area contributed by atoms with E-state index < -0.39 is 0 Å². The molecular formula is C11H17NOS. The van der Waals surface area contributed by atoms with Crippen LogP contribution in [0.5, 0.6) is 5.75 Å². The monoisotopic (exact) mass is 211 g/mol. The number of unbranched alkanes of at least 4 members (excludes halogenated alkanes) is 1. The van der Waals surface area contributed by atoms with Crippen LogP contribution in [0.2, 0.25) is 0 Å². The number of nitrogens with two attached hydrogens (primary N) is 1. The first kappa shape index (κ1) is 11.2. The molecule has 0 heterocycles. The van der Waals surface area contributed by atoms with E-state index >= 15 is 0 Å². The van der Waals surface area contributed by atoms with Gasteiger partial charge in [-0.25, -0.2) is 0 Å². The minimum absolute atomic E-state index is 0.752. The lowest BCUT2D eigenvalue weighted by molar-refractivity contribution is 0.405. The van der Waals surface area contributed by atoms with Gasteiger partial charge in [0.1, 0.15) is 5.75 Å². The van der Waals surface area contributed by atoms with E-state index in [1.54, 1.807) is 7.11 Å². The van der Waals surface area contributed by atoms with Crippen molar-refractivity contribution < 1.29 is 4.74 Å². The lowest BCUT2D eigenvalue weighted by Gasteiger charge is -2.08. The zero-order valence-electron chi connectivity index (χ0n) is 8.75. The molecule has 1 aromatic rings. The molecule has 0 amide bonds. The average molecular weight is 211 g/mol. The molecular weight excluding hydrogens is 194 g/mol. The largest absolute Gasteiger partial charge is 0.496 e. The fourth-order valence-corrected chi connectivity index (χ4v) is 2.23. The number of thioether (sulfide) groups is 1. The standard InChI is InChI=1S/C11H17NOS/c1-3-4-7-14-11-6-5-9(12)8-10(11)13-2/h5-6,8H,3-4,7,12H2,1-2H3. The molecule has 0 saturated carbocycles. The lowest BCUT2D eigenvalue weighted by Crippen LogP contribution is -1.90. The summed E-state index contributed by atoms with van der Waals surface area (Å²) in [4.78, 5) is 1.18. The second-order valence-electron chi connectivity index (χ2n) is 3.11. The quantitative estimate of drug-likeness (QED) is 0.461. The fraction of sp³-hybridized carbons (Fsp3) is 0.455. The van der Waals surface area contributed by atoms with Gasteiger partial charge >= 0.3 is 0 Å². The Bertz CT molecular complexity index is 289. The van der Waals surface area contributed by atoms with Crippen molar-refractivity contribution in [2.45, 2.75) is 24.7 Å². The van der Waals surface area contributed by atoms with E-state index in [0.29, 0.717) is 0 Å². The summed E-state index contributed by atoms with van der Waals surface area (Å²) in [6.45, 7) is 2.20. The third-order valence-corrected chi connectivity index (χ3v) is 3.08. The molecule has 0 aliphatic rings. The molecule has 0 saturated heterocycles. The summed E-state index contributed by atoms with van der Waals surface area (Å²) in [5.41, 5.74) is 6.42. The molecule has 0 bridgehead atoms. The number of ether oxygens (including phenoxy) is 1. The Morgan fingerprint density at radius 2 is 2.21 bits per heavy atom. The highest BCUT2D eigenvalue weighted by molar-refractivity contribution is 7.99. The first-order valence-corrected chi connectivity index (χ1v) is 5.82.